The molecule has 5 nitrogen and oxygen atoms in total. The van der Waals surface area contributed by atoms with Crippen LogP contribution in [-0.2, 0) is 15.2 Å². The molecule has 0 unspecified atom stereocenters. The number of nitro benzene ring substituents is 1. The van der Waals surface area contributed by atoms with Gasteiger partial charge in [-0.2, -0.15) is 11.8 Å². The Kier molecular flexibility index (Phi) is 7.40. The van der Waals surface area contributed by atoms with Crippen molar-refractivity contribution in [2.75, 3.05) is 32.7 Å². The fourth-order valence-corrected chi connectivity index (χ4v) is 2.07. The molecule has 0 aliphatic carbocycles. The summed E-state index contributed by atoms with van der Waals surface area (Å²) in [6.45, 7) is 1.93. The van der Waals surface area contributed by atoms with Crippen LogP contribution in [0.1, 0.15) is 5.56 Å². The van der Waals surface area contributed by atoms with Crippen LogP contribution in [0.4, 0.5) is 5.69 Å². The Bertz CT molecular complexity index is 356. The van der Waals surface area contributed by atoms with E-state index in [0.717, 1.165) is 17.1 Å². The molecule has 0 amide bonds. The highest BCUT2D eigenvalue weighted by molar-refractivity contribution is 7.98. The number of nitrogens with zero attached hydrogens (tertiary/aromatic N) is 1. The van der Waals surface area contributed by atoms with E-state index in [9.17, 15) is 10.1 Å². The molecule has 1 aromatic carbocycles. The van der Waals surface area contributed by atoms with Crippen molar-refractivity contribution in [3.63, 3.8) is 0 Å². The zero-order chi connectivity index (χ0) is 13.2. The fraction of sp³-hybridized carbons (Fsp3) is 0.500. The molecule has 0 saturated carbocycles. The van der Waals surface area contributed by atoms with Gasteiger partial charge in [0.2, 0.25) is 0 Å². The van der Waals surface area contributed by atoms with Crippen LogP contribution in [-0.4, -0.2) is 37.6 Å². The third-order valence-electron chi connectivity index (χ3n) is 2.22. The van der Waals surface area contributed by atoms with Gasteiger partial charge in [-0.3, -0.25) is 10.1 Å². The summed E-state index contributed by atoms with van der Waals surface area (Å²) in [6.07, 6.45) is 0. The standard InChI is InChI=1S/C12H17NO4S/c1-16-6-7-17-8-9-18-10-11-2-4-12(5-3-11)13(14)15/h2-5H,6-10H2,1H3. The highest BCUT2D eigenvalue weighted by Gasteiger charge is 2.03. The minimum atomic E-state index is -0.388. The second-order valence-electron chi connectivity index (χ2n) is 3.58. The average molecular weight is 271 g/mol. The van der Waals surface area contributed by atoms with Crippen molar-refractivity contribution in [1.82, 2.24) is 0 Å². The Labute approximate surface area is 111 Å². The first-order valence-electron chi connectivity index (χ1n) is 5.62. The molecule has 1 rings (SSSR count). The Hall–Kier alpha value is -1.11. The van der Waals surface area contributed by atoms with Crippen molar-refractivity contribution in [2.45, 2.75) is 5.75 Å². The predicted octanol–water partition coefficient (Wildman–Crippen LogP) is 2.49. The molecule has 0 aromatic heterocycles. The lowest BCUT2D eigenvalue weighted by atomic mass is 10.2. The molecule has 0 spiro atoms. The average Bonchev–Trinajstić information content (AvgIpc) is 2.38. The molecule has 0 radical (unpaired) electrons. The maximum atomic E-state index is 10.5. The van der Waals surface area contributed by atoms with Gasteiger partial charge in [-0.1, -0.05) is 12.1 Å². The lowest BCUT2D eigenvalue weighted by molar-refractivity contribution is -0.384. The molecule has 0 bridgehead atoms. The first-order valence-corrected chi connectivity index (χ1v) is 6.77. The Morgan fingerprint density at radius 3 is 2.56 bits per heavy atom. The number of benzene rings is 1. The zero-order valence-corrected chi connectivity index (χ0v) is 11.1. The van der Waals surface area contributed by atoms with Crippen LogP contribution in [0.2, 0.25) is 0 Å². The van der Waals surface area contributed by atoms with Crippen molar-refractivity contribution in [1.29, 1.82) is 0 Å². The van der Waals surface area contributed by atoms with Crippen molar-refractivity contribution >= 4 is 17.4 Å². The van der Waals surface area contributed by atoms with E-state index in [1.165, 1.54) is 12.1 Å². The monoisotopic (exact) mass is 271 g/mol. The van der Waals surface area contributed by atoms with E-state index in [1.54, 1.807) is 31.0 Å². The van der Waals surface area contributed by atoms with Gasteiger partial charge in [0, 0.05) is 30.7 Å². The van der Waals surface area contributed by atoms with E-state index in [2.05, 4.69) is 0 Å². The third-order valence-corrected chi connectivity index (χ3v) is 3.21. The van der Waals surface area contributed by atoms with E-state index in [1.807, 2.05) is 0 Å². The van der Waals surface area contributed by atoms with Gasteiger partial charge in [-0.05, 0) is 5.56 Å². The Balaban J connectivity index is 2.14. The van der Waals surface area contributed by atoms with Gasteiger partial charge in [0.15, 0.2) is 0 Å². The van der Waals surface area contributed by atoms with Gasteiger partial charge >= 0.3 is 0 Å². The number of hydrogen-bond acceptors (Lipinski definition) is 5. The largest absolute Gasteiger partial charge is 0.382 e. The summed E-state index contributed by atoms with van der Waals surface area (Å²) in [5, 5.41) is 10.5. The summed E-state index contributed by atoms with van der Waals surface area (Å²) in [5.74, 6) is 1.74. The van der Waals surface area contributed by atoms with Crippen molar-refractivity contribution in [2.24, 2.45) is 0 Å². The van der Waals surface area contributed by atoms with E-state index >= 15 is 0 Å². The molecule has 18 heavy (non-hydrogen) atoms. The van der Waals surface area contributed by atoms with Crippen LogP contribution in [0.15, 0.2) is 24.3 Å². The van der Waals surface area contributed by atoms with Crippen molar-refractivity contribution in [3.8, 4) is 0 Å². The van der Waals surface area contributed by atoms with Crippen molar-refractivity contribution < 1.29 is 14.4 Å². The molecule has 0 heterocycles. The van der Waals surface area contributed by atoms with E-state index in [4.69, 9.17) is 9.47 Å². The lowest BCUT2D eigenvalue weighted by Crippen LogP contribution is -2.04. The summed E-state index contributed by atoms with van der Waals surface area (Å²) >= 11 is 1.74. The van der Waals surface area contributed by atoms with Gasteiger partial charge in [0.1, 0.15) is 0 Å². The normalized spacial score (nSPS) is 10.5. The topological polar surface area (TPSA) is 61.6 Å². The fourth-order valence-electron chi connectivity index (χ4n) is 1.27. The molecule has 0 fully saturated rings. The Morgan fingerprint density at radius 1 is 1.22 bits per heavy atom. The molecule has 0 atom stereocenters. The van der Waals surface area contributed by atoms with Crippen LogP contribution in [0.5, 0.6) is 0 Å². The van der Waals surface area contributed by atoms with Crippen LogP contribution in [0.25, 0.3) is 0 Å². The van der Waals surface area contributed by atoms with Crippen LogP contribution in [0.3, 0.4) is 0 Å². The molecule has 100 valence electrons. The summed E-state index contributed by atoms with van der Waals surface area (Å²) < 4.78 is 10.2. The first kappa shape index (κ1) is 14.9. The minimum Gasteiger partial charge on any atom is -0.382 e. The molecule has 1 aromatic rings. The molecule has 0 N–H and O–H groups in total. The molecular weight excluding hydrogens is 254 g/mol. The van der Waals surface area contributed by atoms with Gasteiger partial charge in [0.25, 0.3) is 5.69 Å². The third kappa shape index (κ3) is 6.00. The second kappa shape index (κ2) is 8.91. The summed E-state index contributed by atoms with van der Waals surface area (Å²) in [4.78, 5) is 10.1. The highest BCUT2D eigenvalue weighted by Crippen LogP contribution is 2.16. The number of methoxy groups -OCH3 is 1. The van der Waals surface area contributed by atoms with Gasteiger partial charge in [-0.15, -0.1) is 0 Å². The number of hydrogen-bond donors (Lipinski definition) is 0. The highest BCUT2D eigenvalue weighted by atomic mass is 32.2. The number of nitro groups is 1. The number of non-ortho nitro benzene ring substituents is 1. The maximum absolute atomic E-state index is 10.5. The number of thioether (sulfide) groups is 1. The number of rotatable bonds is 9. The van der Waals surface area contributed by atoms with Gasteiger partial charge in [-0.25, -0.2) is 0 Å². The molecule has 0 aliphatic heterocycles. The van der Waals surface area contributed by atoms with Gasteiger partial charge < -0.3 is 9.47 Å². The molecular formula is C12H17NO4S. The molecule has 6 heteroatoms. The van der Waals surface area contributed by atoms with Crippen LogP contribution < -0.4 is 0 Å². The van der Waals surface area contributed by atoms with Crippen LogP contribution >= 0.6 is 11.8 Å². The molecule has 0 aliphatic rings. The predicted molar refractivity (Wildman–Crippen MR) is 72.0 cm³/mol. The van der Waals surface area contributed by atoms with Crippen molar-refractivity contribution in [3.05, 3.63) is 39.9 Å². The van der Waals surface area contributed by atoms with Gasteiger partial charge in [0.05, 0.1) is 24.7 Å². The van der Waals surface area contributed by atoms with Crippen LogP contribution in [0, 0.1) is 10.1 Å². The quantitative estimate of drug-likeness (QED) is 0.392. The minimum absolute atomic E-state index is 0.131. The summed E-state index contributed by atoms with van der Waals surface area (Å²) in [6, 6.07) is 6.64. The van der Waals surface area contributed by atoms with E-state index < -0.39 is 0 Å². The van der Waals surface area contributed by atoms with E-state index in [-0.39, 0.29) is 10.6 Å². The first-order chi connectivity index (χ1) is 8.74. The maximum Gasteiger partial charge on any atom is 0.269 e. The summed E-state index contributed by atoms with van der Waals surface area (Å²) in [5.41, 5.74) is 1.22. The lowest BCUT2D eigenvalue weighted by Gasteiger charge is -2.03. The second-order valence-corrected chi connectivity index (χ2v) is 4.69. The van der Waals surface area contributed by atoms with E-state index in [0.29, 0.717) is 19.8 Å². The Morgan fingerprint density at radius 2 is 1.94 bits per heavy atom. The number of ether oxygens (including phenoxy) is 2. The SMILES string of the molecule is COCCOCCSCc1ccc([N+](=O)[O-])cc1. The smallest absolute Gasteiger partial charge is 0.269 e. The zero-order valence-electron chi connectivity index (χ0n) is 10.3. The summed E-state index contributed by atoms with van der Waals surface area (Å²) in [7, 11) is 1.65. The molecule has 0 saturated heterocycles.